The van der Waals surface area contributed by atoms with Crippen molar-refractivity contribution in [2.45, 2.75) is 0 Å². The van der Waals surface area contributed by atoms with Gasteiger partial charge in [0.05, 0.1) is 5.69 Å². The molecular formula is C12H14N6. The Morgan fingerprint density at radius 1 is 0.944 bits per heavy atom. The molecule has 0 aliphatic rings. The quantitative estimate of drug-likeness (QED) is 0.350. The largest absolute Gasteiger partial charge is 0.369 e. The van der Waals surface area contributed by atoms with Crippen LogP contribution in [0.1, 0.15) is 0 Å². The van der Waals surface area contributed by atoms with Crippen LogP contribution in [-0.4, -0.2) is 11.9 Å². The topological polar surface area (TPSA) is 115 Å². The van der Waals surface area contributed by atoms with Gasteiger partial charge in [0.15, 0.2) is 0 Å². The Bertz CT molecular complexity index is 613. The molecule has 0 aliphatic carbocycles. The minimum Gasteiger partial charge on any atom is -0.369 e. The smallest absolute Gasteiger partial charge is 0.214 e. The monoisotopic (exact) mass is 242 g/mol. The molecule has 0 spiro atoms. The first kappa shape index (κ1) is 11.7. The number of nitrogens with one attached hydrogen (secondary N) is 1. The standard InChI is InChI=1S/C12H14N6/c13-11(14)17-18-12(15)16-10-6-5-8-3-1-2-4-9(8)7-10/h1-7H,(H4,13,14,17)(H3,15,16,18). The summed E-state index contributed by atoms with van der Waals surface area (Å²) in [6.07, 6.45) is 0. The number of hydrogen-bond donors (Lipinski definition) is 4. The molecule has 0 heterocycles. The Labute approximate surface area is 104 Å². The highest BCUT2D eigenvalue weighted by Crippen LogP contribution is 2.20. The van der Waals surface area contributed by atoms with Gasteiger partial charge in [-0.15, -0.1) is 5.10 Å². The second-order valence-electron chi connectivity index (χ2n) is 3.68. The third-order valence-corrected chi connectivity index (χ3v) is 2.28. The Hall–Kier alpha value is -2.76. The van der Waals surface area contributed by atoms with Gasteiger partial charge in [0.25, 0.3) is 0 Å². The van der Waals surface area contributed by atoms with E-state index in [2.05, 4.69) is 15.5 Å². The summed E-state index contributed by atoms with van der Waals surface area (Å²) in [5, 5.41) is 5.79. The maximum absolute atomic E-state index is 5.62. The van der Waals surface area contributed by atoms with Crippen molar-refractivity contribution >= 4 is 28.4 Å². The highest BCUT2D eigenvalue weighted by Gasteiger charge is 1.96. The fraction of sp³-hybridized carbons (Fsp3) is 0. The normalized spacial score (nSPS) is 11.2. The van der Waals surface area contributed by atoms with Crippen molar-refractivity contribution in [3.05, 3.63) is 42.5 Å². The molecule has 6 heteroatoms. The van der Waals surface area contributed by atoms with Crippen LogP contribution >= 0.6 is 0 Å². The first-order valence-corrected chi connectivity index (χ1v) is 5.33. The Kier molecular flexibility index (Phi) is 3.29. The zero-order valence-corrected chi connectivity index (χ0v) is 9.67. The van der Waals surface area contributed by atoms with Gasteiger partial charge in [0, 0.05) is 0 Å². The van der Waals surface area contributed by atoms with E-state index in [0.29, 0.717) is 0 Å². The molecule has 0 radical (unpaired) electrons. The minimum absolute atomic E-state index is 0.105. The number of aliphatic imine (C=N–C) groups is 1. The summed E-state index contributed by atoms with van der Waals surface area (Å²) < 4.78 is 0. The van der Waals surface area contributed by atoms with Crippen LogP contribution in [0.4, 0.5) is 5.69 Å². The van der Waals surface area contributed by atoms with E-state index in [-0.39, 0.29) is 11.9 Å². The number of guanidine groups is 2. The summed E-state index contributed by atoms with van der Waals surface area (Å²) in [6, 6.07) is 13.8. The molecule has 0 aromatic heterocycles. The van der Waals surface area contributed by atoms with E-state index < -0.39 is 0 Å². The Morgan fingerprint density at radius 2 is 1.67 bits per heavy atom. The van der Waals surface area contributed by atoms with Gasteiger partial charge in [-0.1, -0.05) is 30.3 Å². The fourth-order valence-electron chi connectivity index (χ4n) is 1.53. The van der Waals surface area contributed by atoms with E-state index in [1.165, 1.54) is 0 Å². The van der Waals surface area contributed by atoms with Crippen molar-refractivity contribution in [1.29, 1.82) is 0 Å². The average molecular weight is 242 g/mol. The summed E-state index contributed by atoms with van der Waals surface area (Å²) in [4.78, 5) is 4.15. The average Bonchev–Trinajstić information content (AvgIpc) is 2.36. The van der Waals surface area contributed by atoms with Crippen LogP contribution in [0.25, 0.3) is 10.8 Å². The summed E-state index contributed by atoms with van der Waals surface area (Å²) in [6.45, 7) is 0. The molecule has 2 rings (SSSR count). The zero-order valence-electron chi connectivity index (χ0n) is 9.67. The molecule has 0 saturated heterocycles. The van der Waals surface area contributed by atoms with Gasteiger partial charge in [-0.3, -0.25) is 0 Å². The van der Waals surface area contributed by atoms with Crippen molar-refractivity contribution in [2.24, 2.45) is 27.3 Å². The maximum atomic E-state index is 5.62. The molecule has 7 N–H and O–H groups in total. The summed E-state index contributed by atoms with van der Waals surface area (Å²) in [5.41, 5.74) is 19.1. The molecule has 0 unspecified atom stereocenters. The predicted octanol–water partition coefficient (Wildman–Crippen LogP) is 0.564. The lowest BCUT2D eigenvalue weighted by Gasteiger charge is -2.01. The van der Waals surface area contributed by atoms with E-state index in [0.717, 1.165) is 16.5 Å². The number of fused-ring (bicyclic) bond motifs is 1. The number of benzene rings is 2. The lowest BCUT2D eigenvalue weighted by molar-refractivity contribution is 0.994. The van der Waals surface area contributed by atoms with Crippen LogP contribution in [-0.2, 0) is 0 Å². The summed E-state index contributed by atoms with van der Waals surface area (Å²) >= 11 is 0. The third kappa shape index (κ3) is 2.88. The van der Waals surface area contributed by atoms with E-state index in [4.69, 9.17) is 17.2 Å². The number of hydrogen-bond acceptors (Lipinski definition) is 2. The summed E-state index contributed by atoms with van der Waals surface area (Å²) in [5.74, 6) is 0.0188. The van der Waals surface area contributed by atoms with Crippen LogP contribution in [0.15, 0.2) is 52.6 Å². The predicted molar refractivity (Wildman–Crippen MR) is 74.2 cm³/mol. The first-order valence-electron chi connectivity index (χ1n) is 5.33. The molecule has 0 bridgehead atoms. The lowest BCUT2D eigenvalue weighted by atomic mass is 10.1. The molecule has 18 heavy (non-hydrogen) atoms. The minimum atomic E-state index is -0.105. The van der Waals surface area contributed by atoms with Crippen molar-refractivity contribution in [1.82, 2.24) is 5.43 Å². The fourth-order valence-corrected chi connectivity index (χ4v) is 1.53. The highest BCUT2D eigenvalue weighted by atomic mass is 15.4. The van der Waals surface area contributed by atoms with Gasteiger partial charge < -0.3 is 17.2 Å². The molecule has 0 atom stereocenters. The Balaban J connectivity index is 2.26. The van der Waals surface area contributed by atoms with Crippen molar-refractivity contribution < 1.29 is 0 Å². The highest BCUT2D eigenvalue weighted by molar-refractivity contribution is 5.88. The Morgan fingerprint density at radius 3 is 2.39 bits per heavy atom. The summed E-state index contributed by atoms with van der Waals surface area (Å²) in [7, 11) is 0. The van der Waals surface area contributed by atoms with Crippen molar-refractivity contribution in [2.75, 3.05) is 0 Å². The number of nitrogens with two attached hydrogens (primary N) is 3. The van der Waals surface area contributed by atoms with E-state index in [1.54, 1.807) is 0 Å². The van der Waals surface area contributed by atoms with Crippen LogP contribution in [0.3, 0.4) is 0 Å². The molecule has 92 valence electrons. The zero-order chi connectivity index (χ0) is 13.0. The van der Waals surface area contributed by atoms with Gasteiger partial charge in [0.2, 0.25) is 11.9 Å². The van der Waals surface area contributed by atoms with Crippen LogP contribution in [0.2, 0.25) is 0 Å². The molecule has 0 amide bonds. The van der Waals surface area contributed by atoms with E-state index in [9.17, 15) is 0 Å². The van der Waals surface area contributed by atoms with Crippen molar-refractivity contribution in [3.8, 4) is 0 Å². The van der Waals surface area contributed by atoms with E-state index in [1.807, 2.05) is 42.5 Å². The molecule has 2 aromatic carbocycles. The van der Waals surface area contributed by atoms with Crippen LogP contribution in [0.5, 0.6) is 0 Å². The van der Waals surface area contributed by atoms with Gasteiger partial charge in [0.1, 0.15) is 0 Å². The molecule has 0 aliphatic heterocycles. The van der Waals surface area contributed by atoms with Crippen LogP contribution in [0, 0.1) is 0 Å². The van der Waals surface area contributed by atoms with Crippen LogP contribution < -0.4 is 22.6 Å². The second kappa shape index (κ2) is 5.05. The van der Waals surface area contributed by atoms with Gasteiger partial charge in [-0.05, 0) is 22.9 Å². The third-order valence-electron chi connectivity index (χ3n) is 2.28. The SMILES string of the molecule is NC(N)=NNC(N)=Nc1ccc2ccccc2c1. The second-order valence-corrected chi connectivity index (χ2v) is 3.68. The van der Waals surface area contributed by atoms with Gasteiger partial charge >= 0.3 is 0 Å². The number of nitrogens with zero attached hydrogens (tertiary/aromatic N) is 2. The van der Waals surface area contributed by atoms with Crippen molar-refractivity contribution in [3.63, 3.8) is 0 Å². The van der Waals surface area contributed by atoms with Gasteiger partial charge in [-0.25, -0.2) is 10.4 Å². The lowest BCUT2D eigenvalue weighted by Crippen LogP contribution is -2.32. The molecular weight excluding hydrogens is 228 g/mol. The number of rotatable bonds is 2. The number of hydrazone groups is 1. The molecule has 2 aromatic rings. The van der Waals surface area contributed by atoms with E-state index >= 15 is 0 Å². The van der Waals surface area contributed by atoms with Gasteiger partial charge in [-0.2, -0.15) is 0 Å². The molecule has 0 fully saturated rings. The molecule has 6 nitrogen and oxygen atoms in total. The maximum Gasteiger partial charge on any atom is 0.214 e. The molecule has 0 saturated carbocycles. The first-order chi connectivity index (χ1) is 8.65.